The maximum Gasteiger partial charge on any atom is 0.488 e. The van der Waals surface area contributed by atoms with E-state index >= 15 is 0 Å². The second-order valence-electron chi connectivity index (χ2n) is 4.95. The molecule has 0 saturated heterocycles. The fourth-order valence-electron chi connectivity index (χ4n) is 1.99. The van der Waals surface area contributed by atoms with E-state index in [0.29, 0.717) is 24.8 Å². The van der Waals surface area contributed by atoms with E-state index in [1.165, 1.54) is 12.1 Å². The van der Waals surface area contributed by atoms with Crippen LogP contribution in [0.15, 0.2) is 18.2 Å². The van der Waals surface area contributed by atoms with Gasteiger partial charge in [0.15, 0.2) is 0 Å². The first-order chi connectivity index (χ1) is 9.49. The third-order valence-electron chi connectivity index (χ3n) is 3.55. The normalized spacial score (nSPS) is 12.8. The van der Waals surface area contributed by atoms with Crippen LogP contribution in [0.25, 0.3) is 0 Å². The van der Waals surface area contributed by atoms with Crippen molar-refractivity contribution in [2.75, 3.05) is 20.3 Å². The van der Waals surface area contributed by atoms with E-state index in [0.717, 1.165) is 13.0 Å². The van der Waals surface area contributed by atoms with Crippen LogP contribution in [0.1, 0.15) is 25.8 Å². The Morgan fingerprint density at radius 3 is 2.60 bits per heavy atom. The van der Waals surface area contributed by atoms with Gasteiger partial charge in [-0.15, -0.1) is 0 Å². The zero-order valence-electron chi connectivity index (χ0n) is 12.3. The molecule has 0 radical (unpaired) electrons. The molecule has 112 valence electrons. The zero-order valence-corrected chi connectivity index (χ0v) is 12.3. The van der Waals surface area contributed by atoms with Gasteiger partial charge in [0.05, 0.1) is 6.61 Å². The Balaban J connectivity index is 2.82. The molecular formula is C14H23BFNO3. The molecule has 0 spiro atoms. The van der Waals surface area contributed by atoms with Crippen LogP contribution in [0, 0.1) is 5.82 Å². The smallest absolute Gasteiger partial charge is 0.423 e. The predicted molar refractivity (Wildman–Crippen MR) is 78.3 cm³/mol. The zero-order chi connectivity index (χ0) is 15.1. The molecule has 0 heterocycles. The SMILES string of the molecule is CCC(C)N(CCOC)Cc1ccc(B(O)O)cc1F. The third-order valence-corrected chi connectivity index (χ3v) is 3.55. The molecular weight excluding hydrogens is 260 g/mol. The van der Waals surface area contributed by atoms with Crippen molar-refractivity contribution in [1.29, 1.82) is 0 Å². The Bertz CT molecular complexity index is 417. The van der Waals surface area contributed by atoms with Crippen LogP contribution in [-0.4, -0.2) is 48.4 Å². The van der Waals surface area contributed by atoms with Crippen LogP contribution >= 0.6 is 0 Å². The Morgan fingerprint density at radius 2 is 2.10 bits per heavy atom. The number of nitrogens with zero attached hydrogens (tertiary/aromatic N) is 1. The topological polar surface area (TPSA) is 52.9 Å². The molecule has 2 N–H and O–H groups in total. The second kappa shape index (κ2) is 8.37. The van der Waals surface area contributed by atoms with Gasteiger partial charge in [0.1, 0.15) is 5.82 Å². The lowest BCUT2D eigenvalue weighted by Crippen LogP contribution is -2.35. The van der Waals surface area contributed by atoms with E-state index in [4.69, 9.17) is 14.8 Å². The Kier molecular flexibility index (Phi) is 7.16. The summed E-state index contributed by atoms with van der Waals surface area (Å²) in [6, 6.07) is 4.64. The van der Waals surface area contributed by atoms with Crippen molar-refractivity contribution in [1.82, 2.24) is 4.90 Å². The van der Waals surface area contributed by atoms with E-state index < -0.39 is 12.9 Å². The summed E-state index contributed by atoms with van der Waals surface area (Å²) in [6.45, 7) is 5.99. The van der Waals surface area contributed by atoms with Crippen LogP contribution in [0.2, 0.25) is 0 Å². The molecule has 1 aromatic carbocycles. The molecule has 1 aromatic rings. The average Bonchev–Trinajstić information content (AvgIpc) is 2.43. The number of benzene rings is 1. The van der Waals surface area contributed by atoms with Crippen molar-refractivity contribution in [2.45, 2.75) is 32.9 Å². The van der Waals surface area contributed by atoms with Gasteiger partial charge in [-0.2, -0.15) is 0 Å². The first-order valence-electron chi connectivity index (χ1n) is 6.87. The van der Waals surface area contributed by atoms with E-state index in [1.807, 2.05) is 0 Å². The average molecular weight is 283 g/mol. The summed E-state index contributed by atoms with van der Waals surface area (Å²) in [6.07, 6.45) is 0.971. The number of rotatable bonds is 8. The Hall–Kier alpha value is -0.945. The van der Waals surface area contributed by atoms with Gasteiger partial charge in [-0.1, -0.05) is 19.1 Å². The lowest BCUT2D eigenvalue weighted by Gasteiger charge is -2.28. The van der Waals surface area contributed by atoms with Crippen molar-refractivity contribution >= 4 is 12.6 Å². The molecule has 0 aromatic heterocycles. The molecule has 0 fully saturated rings. The van der Waals surface area contributed by atoms with Gasteiger partial charge in [0, 0.05) is 31.8 Å². The van der Waals surface area contributed by atoms with E-state index in [2.05, 4.69) is 18.7 Å². The van der Waals surface area contributed by atoms with E-state index in [1.54, 1.807) is 13.2 Å². The maximum atomic E-state index is 14.0. The minimum absolute atomic E-state index is 0.165. The van der Waals surface area contributed by atoms with Gasteiger partial charge >= 0.3 is 7.12 Å². The quantitative estimate of drug-likeness (QED) is 0.691. The molecule has 6 heteroatoms. The standard InChI is InChI=1S/C14H23BFNO3/c1-4-11(2)17(7-8-20-3)10-12-5-6-13(15(18)19)9-14(12)16/h5-6,9,11,18-19H,4,7-8,10H2,1-3H3. The molecule has 4 nitrogen and oxygen atoms in total. The number of ether oxygens (including phenoxy) is 1. The van der Waals surface area contributed by atoms with Crippen molar-refractivity contribution in [3.8, 4) is 0 Å². The summed E-state index contributed by atoms with van der Waals surface area (Å²) in [5.74, 6) is -0.415. The lowest BCUT2D eigenvalue weighted by molar-refractivity contribution is 0.117. The van der Waals surface area contributed by atoms with Gasteiger partial charge in [-0.3, -0.25) is 4.90 Å². The highest BCUT2D eigenvalue weighted by atomic mass is 19.1. The minimum atomic E-state index is -1.64. The Labute approximate surface area is 120 Å². The summed E-state index contributed by atoms with van der Waals surface area (Å²) in [5.41, 5.74) is 0.712. The van der Waals surface area contributed by atoms with Gasteiger partial charge in [0.25, 0.3) is 0 Å². The largest absolute Gasteiger partial charge is 0.488 e. The number of methoxy groups -OCH3 is 1. The lowest BCUT2D eigenvalue weighted by atomic mass is 9.80. The summed E-state index contributed by atoms with van der Waals surface area (Å²) >= 11 is 0. The fourth-order valence-corrected chi connectivity index (χ4v) is 1.99. The molecule has 0 aliphatic carbocycles. The van der Waals surface area contributed by atoms with Crippen molar-refractivity contribution in [3.05, 3.63) is 29.6 Å². The Morgan fingerprint density at radius 1 is 1.40 bits per heavy atom. The number of hydrogen-bond donors (Lipinski definition) is 2. The van der Waals surface area contributed by atoms with Crippen molar-refractivity contribution in [2.24, 2.45) is 0 Å². The fraction of sp³-hybridized carbons (Fsp3) is 0.571. The molecule has 1 rings (SSSR count). The maximum absolute atomic E-state index is 14.0. The predicted octanol–water partition coefficient (Wildman–Crippen LogP) is 0.752. The van der Waals surface area contributed by atoms with Crippen LogP contribution in [0.5, 0.6) is 0 Å². The monoisotopic (exact) mass is 283 g/mol. The third kappa shape index (κ3) is 4.87. The molecule has 0 aliphatic heterocycles. The first kappa shape index (κ1) is 17.1. The van der Waals surface area contributed by atoms with Crippen LogP contribution < -0.4 is 5.46 Å². The summed E-state index contributed by atoms with van der Waals surface area (Å²) in [4.78, 5) is 2.15. The molecule has 0 bridgehead atoms. The van der Waals surface area contributed by atoms with E-state index in [9.17, 15) is 4.39 Å². The molecule has 1 atom stereocenters. The molecule has 1 unspecified atom stereocenters. The highest BCUT2D eigenvalue weighted by molar-refractivity contribution is 6.58. The summed E-state index contributed by atoms with van der Waals surface area (Å²) < 4.78 is 19.1. The molecule has 20 heavy (non-hydrogen) atoms. The van der Waals surface area contributed by atoms with Crippen molar-refractivity contribution in [3.63, 3.8) is 0 Å². The molecule has 0 amide bonds. The van der Waals surface area contributed by atoms with Crippen LogP contribution in [0.3, 0.4) is 0 Å². The molecule has 0 saturated carbocycles. The van der Waals surface area contributed by atoms with Crippen LogP contribution in [-0.2, 0) is 11.3 Å². The summed E-state index contributed by atoms with van der Waals surface area (Å²) in [5, 5.41) is 18.1. The van der Waals surface area contributed by atoms with Gasteiger partial charge in [-0.05, 0) is 24.9 Å². The van der Waals surface area contributed by atoms with Crippen molar-refractivity contribution < 1.29 is 19.2 Å². The first-order valence-corrected chi connectivity index (χ1v) is 6.87. The van der Waals surface area contributed by atoms with Gasteiger partial charge in [-0.25, -0.2) is 4.39 Å². The van der Waals surface area contributed by atoms with E-state index in [-0.39, 0.29) is 5.46 Å². The minimum Gasteiger partial charge on any atom is -0.423 e. The highest BCUT2D eigenvalue weighted by Gasteiger charge is 2.17. The summed E-state index contributed by atoms with van der Waals surface area (Å²) in [7, 11) is 0.00463. The van der Waals surface area contributed by atoms with Crippen LogP contribution in [0.4, 0.5) is 4.39 Å². The number of hydrogen-bond acceptors (Lipinski definition) is 4. The number of halogens is 1. The highest BCUT2D eigenvalue weighted by Crippen LogP contribution is 2.13. The second-order valence-corrected chi connectivity index (χ2v) is 4.95. The van der Waals surface area contributed by atoms with Gasteiger partial charge < -0.3 is 14.8 Å². The molecule has 0 aliphatic rings. The van der Waals surface area contributed by atoms with Gasteiger partial charge in [0.2, 0.25) is 0 Å².